The third kappa shape index (κ3) is 2.82. The number of rotatable bonds is 5. The molecule has 0 radical (unpaired) electrons. The first-order valence-electron chi connectivity index (χ1n) is 6.02. The maximum Gasteiger partial charge on any atom is 0.239 e. The molecule has 1 unspecified atom stereocenters. The molecule has 1 aromatic rings. The van der Waals surface area contributed by atoms with Crippen molar-refractivity contribution in [2.24, 2.45) is 0 Å². The third-order valence-corrected chi connectivity index (χ3v) is 2.91. The molecule has 1 atom stereocenters. The second-order valence-electron chi connectivity index (χ2n) is 4.21. The number of amides is 1. The Morgan fingerprint density at radius 2 is 2.41 bits per heavy atom. The zero-order valence-electron chi connectivity index (χ0n) is 10.3. The Kier molecular flexibility index (Phi) is 3.73. The lowest BCUT2D eigenvalue weighted by Crippen LogP contribution is -2.38. The Bertz CT molecular complexity index is 391. The van der Waals surface area contributed by atoms with Crippen molar-refractivity contribution < 1.29 is 9.32 Å². The van der Waals surface area contributed by atoms with Crippen molar-refractivity contribution in [3.05, 3.63) is 11.7 Å². The molecule has 1 fully saturated rings. The molecular formula is C11H18N4O2. The van der Waals surface area contributed by atoms with Crippen molar-refractivity contribution in [3.8, 4) is 0 Å². The Morgan fingerprint density at radius 3 is 3.06 bits per heavy atom. The van der Waals surface area contributed by atoms with Gasteiger partial charge in [0.1, 0.15) is 0 Å². The largest absolute Gasteiger partial charge is 0.341 e. The van der Waals surface area contributed by atoms with Crippen LogP contribution in [0.5, 0.6) is 0 Å². The number of aromatic nitrogens is 2. The van der Waals surface area contributed by atoms with Gasteiger partial charge in [0.2, 0.25) is 11.8 Å². The Hall–Kier alpha value is -1.43. The molecule has 2 heterocycles. The number of likely N-dealkylation sites (tertiary alicyclic amines) is 1. The lowest BCUT2D eigenvalue weighted by molar-refractivity contribution is -0.129. The number of hydrogen-bond donors (Lipinski definition) is 1. The van der Waals surface area contributed by atoms with Crippen LogP contribution in [-0.2, 0) is 11.2 Å². The Labute approximate surface area is 100 Å². The van der Waals surface area contributed by atoms with E-state index in [0.717, 1.165) is 19.5 Å². The van der Waals surface area contributed by atoms with E-state index in [1.54, 1.807) is 6.92 Å². The maximum absolute atomic E-state index is 11.9. The highest BCUT2D eigenvalue weighted by atomic mass is 16.5. The fourth-order valence-electron chi connectivity index (χ4n) is 2.07. The molecule has 0 aromatic carbocycles. The van der Waals surface area contributed by atoms with E-state index in [-0.39, 0.29) is 11.9 Å². The van der Waals surface area contributed by atoms with Gasteiger partial charge >= 0.3 is 0 Å². The molecular weight excluding hydrogens is 220 g/mol. The van der Waals surface area contributed by atoms with Crippen molar-refractivity contribution in [2.45, 2.75) is 32.7 Å². The minimum atomic E-state index is -0.00980. The summed E-state index contributed by atoms with van der Waals surface area (Å²) in [6.45, 7) is 6.09. The Morgan fingerprint density at radius 1 is 1.59 bits per heavy atom. The molecule has 0 spiro atoms. The number of aryl methyl sites for hydroxylation is 1. The zero-order valence-corrected chi connectivity index (χ0v) is 10.3. The van der Waals surface area contributed by atoms with Crippen LogP contribution >= 0.6 is 0 Å². The van der Waals surface area contributed by atoms with Crippen LogP contribution < -0.4 is 5.32 Å². The van der Waals surface area contributed by atoms with Gasteiger partial charge in [0, 0.05) is 19.5 Å². The molecule has 6 heteroatoms. The highest BCUT2D eigenvalue weighted by Crippen LogP contribution is 2.11. The summed E-state index contributed by atoms with van der Waals surface area (Å²) in [6, 6.07) is -0.00980. The summed E-state index contributed by atoms with van der Waals surface area (Å²) in [4.78, 5) is 17.9. The van der Waals surface area contributed by atoms with E-state index in [1.807, 2.05) is 11.8 Å². The third-order valence-electron chi connectivity index (χ3n) is 2.91. The first-order valence-corrected chi connectivity index (χ1v) is 6.02. The monoisotopic (exact) mass is 238 g/mol. The lowest BCUT2D eigenvalue weighted by atomic mass is 10.2. The molecule has 1 amide bonds. The van der Waals surface area contributed by atoms with E-state index < -0.39 is 0 Å². The van der Waals surface area contributed by atoms with E-state index >= 15 is 0 Å². The summed E-state index contributed by atoms with van der Waals surface area (Å²) in [7, 11) is 0. The molecule has 1 saturated heterocycles. The maximum atomic E-state index is 11.9. The van der Waals surface area contributed by atoms with Gasteiger partial charge in [-0.05, 0) is 19.9 Å². The summed E-state index contributed by atoms with van der Waals surface area (Å²) in [5.74, 6) is 1.42. The second kappa shape index (κ2) is 5.27. The van der Waals surface area contributed by atoms with E-state index in [0.29, 0.717) is 24.7 Å². The summed E-state index contributed by atoms with van der Waals surface area (Å²) < 4.78 is 5.02. The standard InChI is InChI=1S/C11H18N4O2/c1-3-12-9-4-6-15(11(9)16)7-5-10-13-8(2)14-17-10/h9,12H,3-7H2,1-2H3. The number of likely N-dealkylation sites (N-methyl/N-ethyl adjacent to an activating group) is 1. The van der Waals surface area contributed by atoms with Crippen molar-refractivity contribution in [1.29, 1.82) is 0 Å². The fraction of sp³-hybridized carbons (Fsp3) is 0.727. The van der Waals surface area contributed by atoms with E-state index in [2.05, 4.69) is 15.5 Å². The predicted molar refractivity (Wildman–Crippen MR) is 61.4 cm³/mol. The molecule has 1 aromatic heterocycles. The average molecular weight is 238 g/mol. The quantitative estimate of drug-likeness (QED) is 0.789. The predicted octanol–water partition coefficient (Wildman–Crippen LogP) is 0.131. The van der Waals surface area contributed by atoms with Crippen molar-refractivity contribution in [2.75, 3.05) is 19.6 Å². The van der Waals surface area contributed by atoms with Crippen LogP contribution in [0.15, 0.2) is 4.52 Å². The van der Waals surface area contributed by atoms with Gasteiger partial charge in [-0.3, -0.25) is 4.79 Å². The smallest absolute Gasteiger partial charge is 0.239 e. The minimum Gasteiger partial charge on any atom is -0.341 e. The van der Waals surface area contributed by atoms with Crippen molar-refractivity contribution >= 4 is 5.91 Å². The van der Waals surface area contributed by atoms with Crippen LogP contribution in [0.2, 0.25) is 0 Å². The van der Waals surface area contributed by atoms with Crippen LogP contribution in [0, 0.1) is 6.92 Å². The van der Waals surface area contributed by atoms with Gasteiger partial charge in [-0.1, -0.05) is 12.1 Å². The van der Waals surface area contributed by atoms with Crippen LogP contribution in [0.25, 0.3) is 0 Å². The van der Waals surface area contributed by atoms with Crippen LogP contribution in [0.1, 0.15) is 25.1 Å². The number of nitrogens with zero attached hydrogens (tertiary/aromatic N) is 3. The summed E-state index contributed by atoms with van der Waals surface area (Å²) in [5, 5.41) is 6.91. The van der Waals surface area contributed by atoms with Crippen molar-refractivity contribution in [3.63, 3.8) is 0 Å². The zero-order chi connectivity index (χ0) is 12.3. The number of carbonyl (C=O) groups excluding carboxylic acids is 1. The van der Waals surface area contributed by atoms with Crippen molar-refractivity contribution in [1.82, 2.24) is 20.4 Å². The molecule has 1 N–H and O–H groups in total. The summed E-state index contributed by atoms with van der Waals surface area (Å²) >= 11 is 0. The van der Waals surface area contributed by atoms with Gasteiger partial charge in [0.15, 0.2) is 5.82 Å². The van der Waals surface area contributed by atoms with Crippen LogP contribution in [0.3, 0.4) is 0 Å². The molecule has 0 saturated carbocycles. The molecule has 0 bridgehead atoms. The van der Waals surface area contributed by atoms with E-state index in [4.69, 9.17) is 4.52 Å². The fourth-order valence-corrected chi connectivity index (χ4v) is 2.07. The Balaban J connectivity index is 1.82. The highest BCUT2D eigenvalue weighted by molar-refractivity contribution is 5.83. The van der Waals surface area contributed by atoms with Gasteiger partial charge < -0.3 is 14.7 Å². The number of nitrogens with one attached hydrogen (secondary N) is 1. The molecule has 0 aliphatic carbocycles. The topological polar surface area (TPSA) is 71.3 Å². The van der Waals surface area contributed by atoms with Crippen LogP contribution in [0.4, 0.5) is 0 Å². The minimum absolute atomic E-state index is 0.00980. The van der Waals surface area contributed by atoms with Crippen LogP contribution in [-0.4, -0.2) is 46.6 Å². The number of hydrogen-bond acceptors (Lipinski definition) is 5. The van der Waals surface area contributed by atoms with Gasteiger partial charge in [-0.15, -0.1) is 0 Å². The van der Waals surface area contributed by atoms with Gasteiger partial charge in [0.05, 0.1) is 6.04 Å². The van der Waals surface area contributed by atoms with E-state index in [9.17, 15) is 4.79 Å². The average Bonchev–Trinajstić information content (AvgIpc) is 2.86. The highest BCUT2D eigenvalue weighted by Gasteiger charge is 2.30. The molecule has 2 rings (SSSR count). The normalized spacial score (nSPS) is 20.2. The molecule has 1 aliphatic rings. The molecule has 1 aliphatic heterocycles. The summed E-state index contributed by atoms with van der Waals surface area (Å²) in [6.07, 6.45) is 1.51. The molecule has 6 nitrogen and oxygen atoms in total. The number of carbonyl (C=O) groups is 1. The SMILES string of the molecule is CCNC1CCN(CCc2nc(C)no2)C1=O. The summed E-state index contributed by atoms with van der Waals surface area (Å²) in [5.41, 5.74) is 0. The van der Waals surface area contributed by atoms with Gasteiger partial charge in [0.25, 0.3) is 0 Å². The first kappa shape index (κ1) is 12.0. The first-order chi connectivity index (χ1) is 8.20. The van der Waals surface area contributed by atoms with E-state index in [1.165, 1.54) is 0 Å². The molecule has 17 heavy (non-hydrogen) atoms. The second-order valence-corrected chi connectivity index (χ2v) is 4.21. The van der Waals surface area contributed by atoms with Gasteiger partial charge in [-0.25, -0.2) is 0 Å². The van der Waals surface area contributed by atoms with Gasteiger partial charge in [-0.2, -0.15) is 4.98 Å². The lowest BCUT2D eigenvalue weighted by Gasteiger charge is -2.15. The molecule has 94 valence electrons.